The number of nitrogen functional groups attached to an aromatic ring is 1. The fraction of sp³-hybridized carbons (Fsp3) is 0. The molecule has 1 amide bonds. The predicted octanol–water partition coefficient (Wildman–Crippen LogP) is 3.69. The van der Waals surface area contributed by atoms with Crippen molar-refractivity contribution in [2.24, 2.45) is 5.10 Å². The summed E-state index contributed by atoms with van der Waals surface area (Å²) in [6.45, 7) is 0. The van der Waals surface area contributed by atoms with Gasteiger partial charge in [-0.3, -0.25) is 4.79 Å². The Kier molecular flexibility index (Phi) is 5.70. The lowest BCUT2D eigenvalue weighted by Gasteiger charge is -2.05. The van der Waals surface area contributed by atoms with Crippen LogP contribution in [0.25, 0.3) is 28.4 Å². The molecular formula is C22H15BrN8O3. The minimum atomic E-state index is -0.587. The summed E-state index contributed by atoms with van der Waals surface area (Å²) < 4.78 is 12.7. The van der Waals surface area contributed by atoms with E-state index >= 15 is 0 Å². The number of aromatic nitrogens is 5. The second-order valence-electron chi connectivity index (χ2n) is 6.95. The van der Waals surface area contributed by atoms with Gasteiger partial charge in [0.1, 0.15) is 17.2 Å². The lowest BCUT2D eigenvalue weighted by Crippen LogP contribution is -2.19. The number of nitrogens with two attached hydrogens (primary N) is 1. The van der Waals surface area contributed by atoms with Crippen molar-refractivity contribution >= 4 is 33.9 Å². The van der Waals surface area contributed by atoms with E-state index in [0.29, 0.717) is 22.8 Å². The van der Waals surface area contributed by atoms with Crippen molar-refractivity contribution in [1.82, 2.24) is 30.7 Å². The molecule has 0 unspecified atom stereocenters. The number of benzene rings is 2. The fourth-order valence-electron chi connectivity index (χ4n) is 3.17. The molecule has 5 rings (SSSR count). The highest BCUT2D eigenvalue weighted by molar-refractivity contribution is 9.10. The first kappa shape index (κ1) is 21.3. The Morgan fingerprint density at radius 3 is 2.56 bits per heavy atom. The van der Waals surface area contributed by atoms with Gasteiger partial charge in [-0.1, -0.05) is 63.6 Å². The van der Waals surface area contributed by atoms with E-state index in [9.17, 15) is 4.79 Å². The summed E-state index contributed by atoms with van der Waals surface area (Å²) in [7, 11) is 0. The fourth-order valence-corrected chi connectivity index (χ4v) is 3.44. The molecule has 0 bridgehead atoms. The van der Waals surface area contributed by atoms with Gasteiger partial charge >= 0.3 is 0 Å². The smallest absolute Gasteiger partial charge is 0.294 e. The Bertz CT molecular complexity index is 1470. The normalized spacial score (nSPS) is 11.2. The summed E-state index contributed by atoms with van der Waals surface area (Å²) in [5.41, 5.74) is 10.2. The molecule has 11 nitrogen and oxygen atoms in total. The first-order valence-electron chi connectivity index (χ1n) is 9.89. The molecule has 5 aromatic rings. The number of carbonyl (C=O) groups is 1. The summed E-state index contributed by atoms with van der Waals surface area (Å²) in [5.74, 6) is 0.674. The predicted molar refractivity (Wildman–Crippen MR) is 126 cm³/mol. The molecule has 0 saturated heterocycles. The van der Waals surface area contributed by atoms with Crippen LogP contribution < -0.4 is 11.2 Å². The Balaban J connectivity index is 1.38. The molecule has 0 saturated carbocycles. The minimum Gasteiger partial charge on any atom is -0.455 e. The van der Waals surface area contributed by atoms with Crippen molar-refractivity contribution in [3.05, 3.63) is 82.7 Å². The molecule has 2 aromatic carbocycles. The third-order valence-electron chi connectivity index (χ3n) is 4.74. The Morgan fingerprint density at radius 2 is 1.82 bits per heavy atom. The molecule has 0 aliphatic rings. The number of nitrogens with zero attached hydrogens (tertiary/aromatic N) is 6. The van der Waals surface area contributed by atoms with E-state index in [1.165, 1.54) is 10.9 Å². The van der Waals surface area contributed by atoms with E-state index in [1.807, 2.05) is 48.5 Å². The van der Waals surface area contributed by atoms with E-state index in [-0.39, 0.29) is 17.3 Å². The van der Waals surface area contributed by atoms with Gasteiger partial charge in [-0.2, -0.15) is 9.78 Å². The van der Waals surface area contributed by atoms with Gasteiger partial charge in [-0.15, -0.1) is 5.10 Å². The van der Waals surface area contributed by atoms with Gasteiger partial charge in [0.05, 0.1) is 6.21 Å². The maximum absolute atomic E-state index is 12.9. The second kappa shape index (κ2) is 9.11. The third-order valence-corrected chi connectivity index (χ3v) is 5.27. The monoisotopic (exact) mass is 518 g/mol. The highest BCUT2D eigenvalue weighted by Gasteiger charge is 2.25. The molecule has 3 aromatic heterocycles. The summed E-state index contributed by atoms with van der Waals surface area (Å²) in [6.07, 6.45) is 1.40. The van der Waals surface area contributed by atoms with Gasteiger partial charge in [0.25, 0.3) is 5.91 Å². The number of furan rings is 1. The average molecular weight is 519 g/mol. The molecule has 0 aliphatic carbocycles. The van der Waals surface area contributed by atoms with E-state index in [4.69, 9.17) is 10.2 Å². The summed E-state index contributed by atoms with van der Waals surface area (Å²) in [4.78, 5) is 12.9. The lowest BCUT2D eigenvalue weighted by atomic mass is 10.1. The van der Waals surface area contributed by atoms with Gasteiger partial charge in [0.15, 0.2) is 5.69 Å². The van der Waals surface area contributed by atoms with Crippen LogP contribution in [0.2, 0.25) is 0 Å². The topological polar surface area (TPSA) is 150 Å². The molecule has 3 heterocycles. The van der Waals surface area contributed by atoms with Gasteiger partial charge in [0, 0.05) is 15.6 Å². The second-order valence-corrected chi connectivity index (χ2v) is 7.86. The molecule has 3 N–H and O–H groups in total. The van der Waals surface area contributed by atoms with Crippen molar-refractivity contribution in [3.8, 4) is 28.4 Å². The number of halogens is 1. The van der Waals surface area contributed by atoms with Crippen molar-refractivity contribution in [2.45, 2.75) is 0 Å². The standard InChI is InChI=1S/C22H15BrN8O3/c23-15-8-6-13(7-9-15)17-11-10-16(33-17)12-25-27-22(32)18-19(14-4-2-1-3-5-14)31(30-26-18)21-20(24)28-34-29-21/h1-12H,(H2,24,28)(H,27,32). The van der Waals surface area contributed by atoms with Crippen LogP contribution >= 0.6 is 15.9 Å². The zero-order chi connectivity index (χ0) is 23.5. The van der Waals surface area contributed by atoms with Crippen LogP contribution in [0.4, 0.5) is 5.82 Å². The number of hydrogen-bond donors (Lipinski definition) is 2. The van der Waals surface area contributed by atoms with Crippen LogP contribution in [0.15, 0.2) is 85.4 Å². The van der Waals surface area contributed by atoms with Crippen molar-refractivity contribution in [2.75, 3.05) is 5.73 Å². The van der Waals surface area contributed by atoms with Crippen LogP contribution in [-0.4, -0.2) is 37.4 Å². The molecule has 0 atom stereocenters. The van der Waals surface area contributed by atoms with Crippen LogP contribution in [0.1, 0.15) is 16.2 Å². The number of hydrazone groups is 1. The molecule has 0 fully saturated rings. The zero-order valence-electron chi connectivity index (χ0n) is 17.3. The maximum Gasteiger partial charge on any atom is 0.294 e. The number of rotatable bonds is 6. The van der Waals surface area contributed by atoms with E-state index in [0.717, 1.165) is 10.0 Å². The third kappa shape index (κ3) is 4.21. The van der Waals surface area contributed by atoms with Crippen molar-refractivity contribution in [1.29, 1.82) is 0 Å². The first-order chi connectivity index (χ1) is 16.6. The first-order valence-corrected chi connectivity index (χ1v) is 10.7. The van der Waals surface area contributed by atoms with E-state index in [1.54, 1.807) is 18.2 Å². The molecule has 34 heavy (non-hydrogen) atoms. The Hall–Kier alpha value is -4.58. The number of nitrogens with one attached hydrogen (secondary N) is 1. The van der Waals surface area contributed by atoms with E-state index < -0.39 is 5.91 Å². The summed E-state index contributed by atoms with van der Waals surface area (Å²) >= 11 is 3.41. The van der Waals surface area contributed by atoms with Crippen LogP contribution in [0, 0.1) is 0 Å². The van der Waals surface area contributed by atoms with Gasteiger partial charge < -0.3 is 10.2 Å². The molecule has 0 spiro atoms. The van der Waals surface area contributed by atoms with Crippen molar-refractivity contribution in [3.63, 3.8) is 0 Å². The van der Waals surface area contributed by atoms with Crippen LogP contribution in [0.5, 0.6) is 0 Å². The average Bonchev–Trinajstić information content (AvgIpc) is 3.59. The molecule has 168 valence electrons. The number of amides is 1. The van der Waals surface area contributed by atoms with Crippen LogP contribution in [0.3, 0.4) is 0 Å². The summed E-state index contributed by atoms with van der Waals surface area (Å²) in [5, 5.41) is 19.3. The molecule has 0 radical (unpaired) electrons. The summed E-state index contributed by atoms with van der Waals surface area (Å²) in [6, 6.07) is 20.3. The Labute approximate surface area is 200 Å². The zero-order valence-corrected chi connectivity index (χ0v) is 18.9. The molecular weight excluding hydrogens is 504 g/mol. The van der Waals surface area contributed by atoms with Crippen LogP contribution in [-0.2, 0) is 0 Å². The van der Waals surface area contributed by atoms with Gasteiger partial charge in [0.2, 0.25) is 11.6 Å². The number of hydrogen-bond acceptors (Lipinski definition) is 9. The Morgan fingerprint density at radius 1 is 1.03 bits per heavy atom. The van der Waals surface area contributed by atoms with Gasteiger partial charge in [-0.05, 0) is 34.6 Å². The number of anilines is 1. The molecule has 12 heteroatoms. The maximum atomic E-state index is 12.9. The van der Waals surface area contributed by atoms with Crippen molar-refractivity contribution < 1.29 is 13.8 Å². The SMILES string of the molecule is Nc1nonc1-n1nnc(C(=O)NN=Cc2ccc(-c3ccc(Br)cc3)o2)c1-c1ccccc1. The molecule has 0 aliphatic heterocycles. The highest BCUT2D eigenvalue weighted by atomic mass is 79.9. The van der Waals surface area contributed by atoms with Gasteiger partial charge in [-0.25, -0.2) is 10.1 Å². The lowest BCUT2D eigenvalue weighted by molar-refractivity contribution is 0.0950. The quantitative estimate of drug-likeness (QED) is 0.255. The van der Waals surface area contributed by atoms with E-state index in [2.05, 4.69) is 51.7 Å². The number of carbonyl (C=O) groups excluding carboxylic acids is 1. The highest BCUT2D eigenvalue weighted by Crippen LogP contribution is 2.26. The largest absolute Gasteiger partial charge is 0.455 e. The minimum absolute atomic E-state index is 0.00598.